The summed E-state index contributed by atoms with van der Waals surface area (Å²) in [6.45, 7) is 4.29. The molecule has 20 heavy (non-hydrogen) atoms. The van der Waals surface area contributed by atoms with Crippen LogP contribution >= 0.6 is 0 Å². The Labute approximate surface area is 117 Å². The first-order chi connectivity index (χ1) is 9.61. The lowest BCUT2D eigenvalue weighted by molar-refractivity contribution is 0.102. The Kier molecular flexibility index (Phi) is 4.30. The predicted octanol–water partition coefficient (Wildman–Crippen LogP) is 3.21. The largest absolute Gasteiger partial charge is 0.368 e. The van der Waals surface area contributed by atoms with E-state index in [4.69, 9.17) is 0 Å². The molecular formula is C15H16FN3O. The molecule has 0 aliphatic heterocycles. The minimum Gasteiger partial charge on any atom is -0.368 e. The average molecular weight is 273 g/mol. The van der Waals surface area contributed by atoms with Crippen molar-refractivity contribution < 1.29 is 9.18 Å². The molecule has 1 heterocycles. The highest BCUT2D eigenvalue weighted by Gasteiger charge is 2.15. The first-order valence-corrected chi connectivity index (χ1v) is 6.38. The van der Waals surface area contributed by atoms with E-state index < -0.39 is 11.7 Å². The molecule has 0 aliphatic rings. The number of carbonyl (C=O) groups excluding carboxylic acids is 1. The number of hydrogen-bond acceptors (Lipinski definition) is 3. The zero-order valence-electron chi connectivity index (χ0n) is 11.4. The third-order valence-electron chi connectivity index (χ3n) is 2.75. The minimum absolute atomic E-state index is 0.0301. The summed E-state index contributed by atoms with van der Waals surface area (Å²) < 4.78 is 14.1. The van der Waals surface area contributed by atoms with E-state index in [9.17, 15) is 9.18 Å². The molecule has 0 saturated heterocycles. The number of carbonyl (C=O) groups is 1. The number of aryl methyl sites for hydroxylation is 1. The summed E-state index contributed by atoms with van der Waals surface area (Å²) in [5.74, 6) is -1.04. The Balaban J connectivity index is 2.23. The maximum Gasteiger partial charge on any atom is 0.258 e. The van der Waals surface area contributed by atoms with E-state index in [1.807, 2.05) is 32.0 Å². The molecular weight excluding hydrogens is 257 g/mol. The molecule has 0 spiro atoms. The predicted molar refractivity (Wildman–Crippen MR) is 77.5 cm³/mol. The van der Waals surface area contributed by atoms with Crippen LogP contribution < -0.4 is 10.6 Å². The summed E-state index contributed by atoms with van der Waals surface area (Å²) in [4.78, 5) is 16.0. The zero-order valence-corrected chi connectivity index (χ0v) is 11.4. The second-order valence-electron chi connectivity index (χ2n) is 4.38. The molecule has 5 heteroatoms. The van der Waals surface area contributed by atoms with Gasteiger partial charge in [0.1, 0.15) is 0 Å². The lowest BCUT2D eigenvalue weighted by Crippen LogP contribution is -2.15. The number of amides is 1. The fraction of sp³-hybridized carbons (Fsp3) is 0.200. The van der Waals surface area contributed by atoms with Gasteiger partial charge in [0.25, 0.3) is 5.91 Å². The highest BCUT2D eigenvalue weighted by atomic mass is 19.1. The summed E-state index contributed by atoms with van der Waals surface area (Å²) >= 11 is 0. The Morgan fingerprint density at radius 1 is 1.35 bits per heavy atom. The minimum atomic E-state index is -0.639. The van der Waals surface area contributed by atoms with Crippen LogP contribution in [-0.4, -0.2) is 17.4 Å². The van der Waals surface area contributed by atoms with Gasteiger partial charge in [-0.2, -0.15) is 0 Å². The highest BCUT2D eigenvalue weighted by Crippen LogP contribution is 2.17. The second kappa shape index (κ2) is 6.14. The van der Waals surface area contributed by atoms with Gasteiger partial charge in [-0.1, -0.05) is 12.1 Å². The number of aromatic nitrogens is 1. The molecule has 2 N–H and O–H groups in total. The number of nitrogens with one attached hydrogen (secondary N) is 2. The Bertz CT molecular complexity index is 628. The molecule has 0 saturated carbocycles. The number of pyridine rings is 1. The molecule has 0 unspecified atom stereocenters. The van der Waals surface area contributed by atoms with Crippen molar-refractivity contribution in [1.29, 1.82) is 0 Å². The summed E-state index contributed by atoms with van der Waals surface area (Å²) in [6, 6.07) is 8.70. The summed E-state index contributed by atoms with van der Waals surface area (Å²) in [5, 5.41) is 5.45. The maximum absolute atomic E-state index is 14.1. The van der Waals surface area contributed by atoms with Gasteiger partial charge < -0.3 is 10.6 Å². The number of anilines is 2. The topological polar surface area (TPSA) is 54.0 Å². The van der Waals surface area contributed by atoms with Gasteiger partial charge in [-0.05, 0) is 37.6 Å². The number of hydrogen-bond donors (Lipinski definition) is 2. The molecule has 104 valence electrons. The maximum atomic E-state index is 14.1. The van der Waals surface area contributed by atoms with Gasteiger partial charge in [-0.3, -0.25) is 4.79 Å². The van der Waals surface area contributed by atoms with E-state index in [-0.39, 0.29) is 11.4 Å². The summed E-state index contributed by atoms with van der Waals surface area (Å²) in [5.41, 5.74) is 1.63. The van der Waals surface area contributed by atoms with Gasteiger partial charge in [0.2, 0.25) is 0 Å². The monoisotopic (exact) mass is 273 g/mol. The van der Waals surface area contributed by atoms with E-state index >= 15 is 0 Å². The normalized spacial score (nSPS) is 10.2. The van der Waals surface area contributed by atoms with E-state index in [2.05, 4.69) is 15.6 Å². The lowest BCUT2D eigenvalue weighted by atomic mass is 10.2. The fourth-order valence-electron chi connectivity index (χ4n) is 1.83. The van der Waals surface area contributed by atoms with Gasteiger partial charge in [-0.15, -0.1) is 0 Å². The first kappa shape index (κ1) is 14.0. The molecule has 0 aliphatic carbocycles. The van der Waals surface area contributed by atoms with Gasteiger partial charge in [0, 0.05) is 18.4 Å². The molecule has 4 nitrogen and oxygen atoms in total. The van der Waals surface area contributed by atoms with Crippen LogP contribution in [-0.2, 0) is 0 Å². The highest BCUT2D eigenvalue weighted by molar-refractivity contribution is 6.04. The molecule has 1 aromatic heterocycles. The molecule has 0 atom stereocenters. The standard InChI is InChI=1S/C15H16FN3O/c1-3-17-14-13(16)12(7-8-18-14)15(20)19-11-6-4-5-10(2)9-11/h4-9H,3H2,1-2H3,(H,17,18)(H,19,20). The van der Waals surface area contributed by atoms with Crippen LogP contribution in [0.4, 0.5) is 15.9 Å². The van der Waals surface area contributed by atoms with Gasteiger partial charge in [0.05, 0.1) is 5.56 Å². The fourth-order valence-corrected chi connectivity index (χ4v) is 1.83. The van der Waals surface area contributed by atoms with E-state index in [0.29, 0.717) is 12.2 Å². The van der Waals surface area contributed by atoms with Crippen molar-refractivity contribution in [3.63, 3.8) is 0 Å². The van der Waals surface area contributed by atoms with Crippen molar-refractivity contribution in [2.75, 3.05) is 17.2 Å². The van der Waals surface area contributed by atoms with Crippen molar-refractivity contribution in [1.82, 2.24) is 4.98 Å². The molecule has 2 aromatic rings. The van der Waals surface area contributed by atoms with Crippen LogP contribution in [0.1, 0.15) is 22.8 Å². The van der Waals surface area contributed by atoms with Crippen molar-refractivity contribution in [3.05, 3.63) is 53.5 Å². The molecule has 1 aromatic carbocycles. The first-order valence-electron chi connectivity index (χ1n) is 6.38. The van der Waals surface area contributed by atoms with Gasteiger partial charge in [-0.25, -0.2) is 9.37 Å². The molecule has 2 rings (SSSR count). The van der Waals surface area contributed by atoms with Crippen molar-refractivity contribution in [2.24, 2.45) is 0 Å². The average Bonchev–Trinajstić information content (AvgIpc) is 2.41. The smallest absolute Gasteiger partial charge is 0.258 e. The van der Waals surface area contributed by atoms with Crippen LogP contribution in [0.25, 0.3) is 0 Å². The lowest BCUT2D eigenvalue weighted by Gasteiger charge is -2.09. The molecule has 0 fully saturated rings. The Morgan fingerprint density at radius 2 is 2.15 bits per heavy atom. The van der Waals surface area contributed by atoms with E-state index in [0.717, 1.165) is 5.56 Å². The van der Waals surface area contributed by atoms with Gasteiger partial charge in [0.15, 0.2) is 11.6 Å². The molecule has 1 amide bonds. The third kappa shape index (κ3) is 3.12. The SMILES string of the molecule is CCNc1nccc(C(=O)Nc2cccc(C)c2)c1F. The number of rotatable bonds is 4. The quantitative estimate of drug-likeness (QED) is 0.899. The van der Waals surface area contributed by atoms with E-state index in [1.54, 1.807) is 6.07 Å². The third-order valence-corrected chi connectivity index (χ3v) is 2.75. The summed E-state index contributed by atoms with van der Waals surface area (Å²) in [7, 11) is 0. The second-order valence-corrected chi connectivity index (χ2v) is 4.38. The summed E-state index contributed by atoms with van der Waals surface area (Å²) in [6.07, 6.45) is 1.41. The van der Waals surface area contributed by atoms with Crippen LogP contribution in [0, 0.1) is 12.7 Å². The van der Waals surface area contributed by atoms with Crippen LogP contribution in [0.5, 0.6) is 0 Å². The van der Waals surface area contributed by atoms with Crippen molar-refractivity contribution in [2.45, 2.75) is 13.8 Å². The number of halogens is 1. The van der Waals surface area contributed by atoms with Crippen LogP contribution in [0.15, 0.2) is 36.5 Å². The van der Waals surface area contributed by atoms with Crippen molar-refractivity contribution in [3.8, 4) is 0 Å². The number of benzene rings is 1. The van der Waals surface area contributed by atoms with Crippen LogP contribution in [0.2, 0.25) is 0 Å². The Morgan fingerprint density at radius 3 is 2.85 bits per heavy atom. The van der Waals surface area contributed by atoms with E-state index in [1.165, 1.54) is 12.3 Å². The van der Waals surface area contributed by atoms with Crippen LogP contribution in [0.3, 0.4) is 0 Å². The number of nitrogens with zero attached hydrogens (tertiary/aromatic N) is 1. The Hall–Kier alpha value is -2.43. The molecule has 0 radical (unpaired) electrons. The zero-order chi connectivity index (χ0) is 14.5. The molecule has 0 bridgehead atoms. The van der Waals surface area contributed by atoms with Gasteiger partial charge >= 0.3 is 0 Å². The van der Waals surface area contributed by atoms with Crippen molar-refractivity contribution >= 4 is 17.4 Å².